The standard InChI is InChI=1S/C19H26N2O4/c22-19(23)20-16-12-11-15(13-7-3-1-4-8-13)17(18(16)21(24)25)14-9-5-2-6-10-14/h11-14,20H,1-10H2,(H,22,23). The average Bonchev–Trinajstić information content (AvgIpc) is 2.62. The lowest BCUT2D eigenvalue weighted by molar-refractivity contribution is -0.384. The molecule has 3 rings (SSSR count). The lowest BCUT2D eigenvalue weighted by Gasteiger charge is -2.29. The molecule has 0 heterocycles. The van der Waals surface area contributed by atoms with Gasteiger partial charge in [-0.3, -0.25) is 15.4 Å². The Bertz CT molecular complexity index is 647. The summed E-state index contributed by atoms with van der Waals surface area (Å²) in [4.78, 5) is 22.6. The molecule has 0 radical (unpaired) electrons. The fraction of sp³-hybridized carbons (Fsp3) is 0.632. The van der Waals surface area contributed by atoms with Gasteiger partial charge in [0.2, 0.25) is 0 Å². The number of nitro benzene ring substituents is 1. The smallest absolute Gasteiger partial charge is 0.409 e. The van der Waals surface area contributed by atoms with E-state index in [0.717, 1.165) is 62.5 Å². The molecule has 0 bridgehead atoms. The van der Waals surface area contributed by atoms with Gasteiger partial charge in [-0.1, -0.05) is 44.6 Å². The van der Waals surface area contributed by atoms with Gasteiger partial charge in [-0.15, -0.1) is 0 Å². The summed E-state index contributed by atoms with van der Waals surface area (Å²) in [6.45, 7) is 0. The molecule has 2 saturated carbocycles. The highest BCUT2D eigenvalue weighted by molar-refractivity contribution is 5.87. The Labute approximate surface area is 147 Å². The Morgan fingerprint density at radius 3 is 2.08 bits per heavy atom. The van der Waals surface area contributed by atoms with Crippen molar-refractivity contribution in [2.45, 2.75) is 76.0 Å². The molecule has 0 atom stereocenters. The first kappa shape index (κ1) is 17.7. The number of anilines is 1. The number of carboxylic acid groups (broad SMARTS) is 1. The van der Waals surface area contributed by atoms with Gasteiger partial charge in [0.1, 0.15) is 5.69 Å². The zero-order chi connectivity index (χ0) is 17.8. The predicted molar refractivity (Wildman–Crippen MR) is 96.4 cm³/mol. The molecular weight excluding hydrogens is 320 g/mol. The van der Waals surface area contributed by atoms with E-state index in [9.17, 15) is 14.9 Å². The zero-order valence-corrected chi connectivity index (χ0v) is 14.5. The molecule has 1 aromatic rings. The van der Waals surface area contributed by atoms with Crippen LogP contribution in [-0.2, 0) is 0 Å². The summed E-state index contributed by atoms with van der Waals surface area (Å²) in [6.07, 6.45) is 9.70. The summed E-state index contributed by atoms with van der Waals surface area (Å²) < 4.78 is 0. The number of hydrogen-bond acceptors (Lipinski definition) is 3. The van der Waals surface area contributed by atoms with E-state index in [2.05, 4.69) is 5.32 Å². The topological polar surface area (TPSA) is 92.5 Å². The van der Waals surface area contributed by atoms with Crippen molar-refractivity contribution in [3.63, 3.8) is 0 Å². The number of nitro groups is 1. The van der Waals surface area contributed by atoms with Crippen molar-refractivity contribution < 1.29 is 14.8 Å². The SMILES string of the molecule is O=C(O)Nc1ccc(C2CCCCC2)c(C2CCCCC2)c1[N+](=O)[O-]. The second-order valence-corrected chi connectivity index (χ2v) is 7.32. The van der Waals surface area contributed by atoms with Gasteiger partial charge in [-0.25, -0.2) is 4.79 Å². The van der Waals surface area contributed by atoms with Gasteiger partial charge in [0.25, 0.3) is 5.69 Å². The van der Waals surface area contributed by atoms with Crippen LogP contribution < -0.4 is 5.32 Å². The monoisotopic (exact) mass is 346 g/mol. The lowest BCUT2D eigenvalue weighted by atomic mass is 9.75. The van der Waals surface area contributed by atoms with Crippen molar-refractivity contribution in [3.05, 3.63) is 33.4 Å². The highest BCUT2D eigenvalue weighted by atomic mass is 16.6. The van der Waals surface area contributed by atoms with Crippen LogP contribution in [0.3, 0.4) is 0 Å². The number of nitrogens with zero attached hydrogens (tertiary/aromatic N) is 1. The molecule has 136 valence electrons. The first-order valence-electron chi connectivity index (χ1n) is 9.39. The summed E-state index contributed by atoms with van der Waals surface area (Å²) in [7, 11) is 0. The maximum Gasteiger partial charge on any atom is 0.409 e. The fourth-order valence-electron chi connectivity index (χ4n) is 4.63. The molecule has 2 aliphatic carbocycles. The molecule has 1 amide bonds. The van der Waals surface area contributed by atoms with Crippen LogP contribution in [-0.4, -0.2) is 16.1 Å². The highest BCUT2D eigenvalue weighted by Crippen LogP contribution is 2.47. The lowest BCUT2D eigenvalue weighted by Crippen LogP contribution is -2.17. The van der Waals surface area contributed by atoms with Crippen LogP contribution in [0.1, 0.15) is 87.2 Å². The summed E-state index contributed by atoms with van der Waals surface area (Å²) >= 11 is 0. The van der Waals surface area contributed by atoms with Crippen LogP contribution in [0.4, 0.5) is 16.2 Å². The van der Waals surface area contributed by atoms with E-state index in [1.165, 1.54) is 12.8 Å². The van der Waals surface area contributed by atoms with E-state index in [0.29, 0.717) is 5.92 Å². The number of rotatable bonds is 4. The van der Waals surface area contributed by atoms with Gasteiger partial charge in [0.05, 0.1) is 4.92 Å². The third-order valence-corrected chi connectivity index (χ3v) is 5.73. The molecule has 0 aliphatic heterocycles. The van der Waals surface area contributed by atoms with Gasteiger partial charge in [0, 0.05) is 5.56 Å². The van der Waals surface area contributed by atoms with E-state index < -0.39 is 6.09 Å². The van der Waals surface area contributed by atoms with Gasteiger partial charge >= 0.3 is 6.09 Å². The first-order chi connectivity index (χ1) is 12.1. The summed E-state index contributed by atoms with van der Waals surface area (Å²) in [5.41, 5.74) is 1.99. The van der Waals surface area contributed by atoms with E-state index in [-0.39, 0.29) is 22.2 Å². The average molecular weight is 346 g/mol. The molecule has 6 heteroatoms. The Hall–Kier alpha value is -2.11. The van der Waals surface area contributed by atoms with Crippen molar-refractivity contribution >= 4 is 17.5 Å². The normalized spacial score (nSPS) is 19.5. The van der Waals surface area contributed by atoms with Gasteiger partial charge < -0.3 is 5.11 Å². The van der Waals surface area contributed by atoms with Crippen molar-refractivity contribution in [3.8, 4) is 0 Å². The van der Waals surface area contributed by atoms with E-state index in [1.807, 2.05) is 6.07 Å². The predicted octanol–water partition coefficient (Wildman–Crippen LogP) is 5.78. The first-order valence-corrected chi connectivity index (χ1v) is 9.39. The Morgan fingerprint density at radius 1 is 1.00 bits per heavy atom. The molecule has 0 spiro atoms. The molecule has 0 saturated heterocycles. The fourth-order valence-corrected chi connectivity index (χ4v) is 4.63. The van der Waals surface area contributed by atoms with E-state index in [4.69, 9.17) is 5.11 Å². The molecule has 2 fully saturated rings. The van der Waals surface area contributed by atoms with E-state index >= 15 is 0 Å². The molecule has 25 heavy (non-hydrogen) atoms. The van der Waals surface area contributed by atoms with Crippen LogP contribution in [0.5, 0.6) is 0 Å². The molecule has 6 nitrogen and oxygen atoms in total. The molecular formula is C19H26N2O4. The molecule has 2 N–H and O–H groups in total. The molecule has 1 aromatic carbocycles. The van der Waals surface area contributed by atoms with Gasteiger partial charge in [-0.2, -0.15) is 0 Å². The highest BCUT2D eigenvalue weighted by Gasteiger charge is 2.33. The number of benzene rings is 1. The largest absolute Gasteiger partial charge is 0.465 e. The number of nitrogens with one attached hydrogen (secondary N) is 1. The van der Waals surface area contributed by atoms with Crippen LogP contribution in [0.25, 0.3) is 0 Å². The quantitative estimate of drug-likeness (QED) is 0.534. The van der Waals surface area contributed by atoms with Gasteiger partial charge in [-0.05, 0) is 49.1 Å². The number of amides is 1. The van der Waals surface area contributed by atoms with Crippen LogP contribution in [0.15, 0.2) is 12.1 Å². The zero-order valence-electron chi connectivity index (χ0n) is 14.5. The summed E-state index contributed by atoms with van der Waals surface area (Å²) in [5, 5.41) is 23.2. The molecule has 2 aliphatic rings. The molecule has 0 unspecified atom stereocenters. The third-order valence-electron chi connectivity index (χ3n) is 5.73. The maximum absolute atomic E-state index is 11.9. The minimum Gasteiger partial charge on any atom is -0.465 e. The second-order valence-electron chi connectivity index (χ2n) is 7.32. The number of hydrogen-bond donors (Lipinski definition) is 2. The van der Waals surface area contributed by atoms with Crippen molar-refractivity contribution in [1.82, 2.24) is 0 Å². The van der Waals surface area contributed by atoms with Crippen molar-refractivity contribution in [1.29, 1.82) is 0 Å². The van der Waals surface area contributed by atoms with Crippen LogP contribution in [0, 0.1) is 10.1 Å². The van der Waals surface area contributed by atoms with Crippen molar-refractivity contribution in [2.75, 3.05) is 5.32 Å². The minimum atomic E-state index is -1.26. The second kappa shape index (κ2) is 7.85. The third kappa shape index (κ3) is 3.94. The van der Waals surface area contributed by atoms with Gasteiger partial charge in [0.15, 0.2) is 0 Å². The Balaban J connectivity index is 2.11. The minimum absolute atomic E-state index is 0.0163. The van der Waals surface area contributed by atoms with Crippen LogP contribution in [0.2, 0.25) is 0 Å². The summed E-state index contributed by atoms with van der Waals surface area (Å²) in [6, 6.07) is 3.53. The van der Waals surface area contributed by atoms with E-state index in [1.54, 1.807) is 6.07 Å². The number of carbonyl (C=O) groups is 1. The maximum atomic E-state index is 11.9. The molecule has 0 aromatic heterocycles. The van der Waals surface area contributed by atoms with Crippen molar-refractivity contribution in [2.24, 2.45) is 0 Å². The summed E-state index contributed by atoms with van der Waals surface area (Å²) in [5.74, 6) is 0.532. The van der Waals surface area contributed by atoms with Crippen LogP contribution >= 0.6 is 0 Å². The Kier molecular flexibility index (Phi) is 5.56. The Morgan fingerprint density at radius 2 is 1.56 bits per heavy atom.